The summed E-state index contributed by atoms with van der Waals surface area (Å²) < 4.78 is 0. The second kappa shape index (κ2) is 11.6. The van der Waals surface area contributed by atoms with Gasteiger partial charge in [0.15, 0.2) is 0 Å². The molecule has 2 heteroatoms. The van der Waals surface area contributed by atoms with Crippen LogP contribution in [0.15, 0.2) is 0 Å². The quantitative estimate of drug-likeness (QED) is 0.372. The van der Waals surface area contributed by atoms with Gasteiger partial charge in [-0.2, -0.15) is 0 Å². The van der Waals surface area contributed by atoms with Crippen LogP contribution >= 0.6 is 0 Å². The predicted molar refractivity (Wildman–Crippen MR) is 111 cm³/mol. The molecule has 1 aliphatic heterocycles. The average molecular weight is 351 g/mol. The minimum Gasteiger partial charge on any atom is -0.317 e. The second-order valence-corrected chi connectivity index (χ2v) is 9.50. The van der Waals surface area contributed by atoms with Gasteiger partial charge in [0.1, 0.15) is 0 Å². The fraction of sp³-hybridized carbons (Fsp3) is 1.00. The van der Waals surface area contributed by atoms with E-state index in [1.54, 1.807) is 0 Å². The minimum atomic E-state index is 0.758. The first-order valence-corrected chi connectivity index (χ1v) is 11.6. The molecule has 0 radical (unpaired) electrons. The monoisotopic (exact) mass is 350 g/mol. The van der Waals surface area contributed by atoms with E-state index in [1.165, 1.54) is 110 Å². The largest absolute Gasteiger partial charge is 0.317 e. The van der Waals surface area contributed by atoms with Gasteiger partial charge in [0.05, 0.1) is 0 Å². The normalized spacial score (nSPS) is 21.2. The van der Waals surface area contributed by atoms with E-state index < -0.39 is 0 Å². The highest BCUT2D eigenvalue weighted by atomic mass is 15.2. The Morgan fingerprint density at radius 3 is 2.28 bits per heavy atom. The number of nitrogens with one attached hydrogen (secondary N) is 1. The maximum Gasteiger partial charge on any atom is 0.00508 e. The van der Waals surface area contributed by atoms with Gasteiger partial charge in [0.2, 0.25) is 0 Å². The number of unbranched alkanes of at least 4 members (excludes halogenated alkanes) is 6. The van der Waals surface area contributed by atoms with Crippen molar-refractivity contribution in [2.45, 2.75) is 97.8 Å². The highest BCUT2D eigenvalue weighted by Gasteiger charge is 2.51. The summed E-state index contributed by atoms with van der Waals surface area (Å²) in [5.41, 5.74) is 0.758. The molecule has 1 spiro atoms. The Morgan fingerprint density at radius 1 is 0.920 bits per heavy atom. The van der Waals surface area contributed by atoms with Gasteiger partial charge in [0, 0.05) is 19.6 Å². The fourth-order valence-corrected chi connectivity index (χ4v) is 5.22. The number of likely N-dealkylation sites (tertiary alicyclic amines) is 1. The van der Waals surface area contributed by atoms with Crippen molar-refractivity contribution < 1.29 is 0 Å². The van der Waals surface area contributed by atoms with Crippen LogP contribution in [0.1, 0.15) is 97.8 Å². The molecule has 1 heterocycles. The Labute approximate surface area is 158 Å². The molecular formula is C23H46N2. The zero-order valence-electron chi connectivity index (χ0n) is 17.6. The predicted octanol–water partition coefficient (Wildman–Crippen LogP) is 5.86. The summed E-state index contributed by atoms with van der Waals surface area (Å²) >= 11 is 0. The SMILES string of the molecule is CCCCCCNCCC1CC2(C1)CN(CC(C)CCCCCC)C2. The summed E-state index contributed by atoms with van der Waals surface area (Å²) in [7, 11) is 0. The third kappa shape index (κ3) is 7.59. The van der Waals surface area contributed by atoms with Gasteiger partial charge >= 0.3 is 0 Å². The van der Waals surface area contributed by atoms with Crippen LogP contribution in [0.2, 0.25) is 0 Å². The Balaban J connectivity index is 1.41. The lowest BCUT2D eigenvalue weighted by molar-refractivity contribution is -0.100. The third-order valence-corrected chi connectivity index (χ3v) is 6.62. The lowest BCUT2D eigenvalue weighted by Gasteiger charge is -2.60. The van der Waals surface area contributed by atoms with Crippen LogP contribution in [0.3, 0.4) is 0 Å². The van der Waals surface area contributed by atoms with Crippen LogP contribution in [0.25, 0.3) is 0 Å². The first-order chi connectivity index (χ1) is 12.2. The van der Waals surface area contributed by atoms with Crippen molar-refractivity contribution in [3.63, 3.8) is 0 Å². The van der Waals surface area contributed by atoms with E-state index in [2.05, 4.69) is 31.0 Å². The summed E-state index contributed by atoms with van der Waals surface area (Å²) in [5.74, 6) is 1.93. The molecule has 0 aromatic rings. The van der Waals surface area contributed by atoms with Crippen molar-refractivity contribution >= 4 is 0 Å². The zero-order valence-corrected chi connectivity index (χ0v) is 17.6. The molecule has 25 heavy (non-hydrogen) atoms. The van der Waals surface area contributed by atoms with E-state index in [4.69, 9.17) is 0 Å². The standard InChI is InChI=1S/C23H46N2/c1-4-6-8-10-12-21(3)18-25-19-23(20-25)16-22(17-23)13-15-24-14-11-9-7-5-2/h21-22,24H,4-20H2,1-3H3. The van der Waals surface area contributed by atoms with Crippen LogP contribution in [-0.2, 0) is 0 Å². The number of nitrogens with zero attached hydrogens (tertiary/aromatic N) is 1. The smallest absolute Gasteiger partial charge is 0.00508 e. The molecule has 1 aliphatic carbocycles. The van der Waals surface area contributed by atoms with E-state index in [1.807, 2.05) is 0 Å². The fourth-order valence-electron chi connectivity index (χ4n) is 5.22. The van der Waals surface area contributed by atoms with Gasteiger partial charge in [-0.25, -0.2) is 0 Å². The van der Waals surface area contributed by atoms with Crippen molar-refractivity contribution in [3.8, 4) is 0 Å². The molecule has 1 unspecified atom stereocenters. The molecule has 2 nitrogen and oxygen atoms in total. The van der Waals surface area contributed by atoms with Crippen molar-refractivity contribution in [1.29, 1.82) is 0 Å². The van der Waals surface area contributed by atoms with Crippen LogP contribution in [0.5, 0.6) is 0 Å². The molecule has 0 bridgehead atoms. The molecule has 0 aromatic heterocycles. The minimum absolute atomic E-state index is 0.758. The highest BCUT2D eigenvalue weighted by Crippen LogP contribution is 2.53. The van der Waals surface area contributed by atoms with E-state index in [0.29, 0.717) is 0 Å². The Hall–Kier alpha value is -0.0800. The number of hydrogen-bond donors (Lipinski definition) is 1. The van der Waals surface area contributed by atoms with Crippen molar-refractivity contribution in [2.24, 2.45) is 17.3 Å². The Bertz CT molecular complexity index is 327. The molecule has 1 saturated carbocycles. The molecule has 0 amide bonds. The van der Waals surface area contributed by atoms with Gasteiger partial charge < -0.3 is 10.2 Å². The molecule has 1 saturated heterocycles. The molecule has 148 valence electrons. The van der Waals surface area contributed by atoms with Crippen LogP contribution < -0.4 is 5.32 Å². The van der Waals surface area contributed by atoms with Crippen LogP contribution in [0.4, 0.5) is 0 Å². The summed E-state index contributed by atoms with van der Waals surface area (Å²) in [6.45, 7) is 13.7. The summed E-state index contributed by atoms with van der Waals surface area (Å²) in [6, 6.07) is 0. The topological polar surface area (TPSA) is 15.3 Å². The number of rotatable bonds is 15. The molecule has 1 N–H and O–H groups in total. The molecule has 0 aromatic carbocycles. The van der Waals surface area contributed by atoms with Gasteiger partial charge in [-0.1, -0.05) is 65.7 Å². The van der Waals surface area contributed by atoms with Crippen molar-refractivity contribution in [2.75, 3.05) is 32.7 Å². The molecule has 2 fully saturated rings. The van der Waals surface area contributed by atoms with Crippen molar-refractivity contribution in [1.82, 2.24) is 10.2 Å². The number of hydrogen-bond acceptors (Lipinski definition) is 2. The first-order valence-electron chi connectivity index (χ1n) is 11.6. The van der Waals surface area contributed by atoms with Gasteiger partial charge in [-0.15, -0.1) is 0 Å². The van der Waals surface area contributed by atoms with Crippen LogP contribution in [-0.4, -0.2) is 37.6 Å². The van der Waals surface area contributed by atoms with E-state index in [0.717, 1.165) is 17.3 Å². The van der Waals surface area contributed by atoms with Crippen LogP contribution in [0, 0.1) is 17.3 Å². The van der Waals surface area contributed by atoms with Gasteiger partial charge in [-0.3, -0.25) is 0 Å². The lowest BCUT2D eigenvalue weighted by atomic mass is 9.57. The second-order valence-electron chi connectivity index (χ2n) is 9.50. The maximum absolute atomic E-state index is 3.66. The highest BCUT2D eigenvalue weighted by molar-refractivity contribution is 5.04. The lowest BCUT2D eigenvalue weighted by Crippen LogP contribution is -2.62. The summed E-state index contributed by atoms with van der Waals surface area (Å²) in [4.78, 5) is 2.74. The van der Waals surface area contributed by atoms with E-state index in [9.17, 15) is 0 Å². The molecule has 2 aliphatic rings. The molecule has 2 rings (SSSR count). The van der Waals surface area contributed by atoms with Crippen molar-refractivity contribution in [3.05, 3.63) is 0 Å². The first kappa shape index (κ1) is 21.2. The summed E-state index contributed by atoms with van der Waals surface area (Å²) in [5, 5.41) is 3.66. The molecular weight excluding hydrogens is 304 g/mol. The third-order valence-electron chi connectivity index (χ3n) is 6.62. The van der Waals surface area contributed by atoms with Gasteiger partial charge in [0.25, 0.3) is 0 Å². The Morgan fingerprint density at radius 2 is 1.60 bits per heavy atom. The maximum atomic E-state index is 3.66. The average Bonchev–Trinajstić information content (AvgIpc) is 2.53. The Kier molecular flexibility index (Phi) is 9.84. The van der Waals surface area contributed by atoms with Gasteiger partial charge in [-0.05, 0) is 62.4 Å². The van der Waals surface area contributed by atoms with E-state index in [-0.39, 0.29) is 0 Å². The zero-order chi connectivity index (χ0) is 18.0. The van der Waals surface area contributed by atoms with E-state index >= 15 is 0 Å². The molecule has 1 atom stereocenters. The summed E-state index contributed by atoms with van der Waals surface area (Å²) in [6.07, 6.45) is 17.1.